The van der Waals surface area contributed by atoms with E-state index in [1.807, 2.05) is 34.6 Å². The molecule has 0 aliphatic carbocycles. The number of carbonyl (C=O) groups is 1. The number of benzene rings is 1. The van der Waals surface area contributed by atoms with E-state index in [1.54, 1.807) is 28.9 Å². The normalized spacial score (nSPS) is 11.6. The summed E-state index contributed by atoms with van der Waals surface area (Å²) < 4.78 is 7.40. The Kier molecular flexibility index (Phi) is 4.98. The van der Waals surface area contributed by atoms with E-state index in [1.165, 1.54) is 0 Å². The Morgan fingerprint density at radius 1 is 1.26 bits per heavy atom. The number of carbonyl (C=O) groups excluding carboxylic acids is 1. The number of hydrogen-bond acceptors (Lipinski definition) is 5. The fraction of sp³-hybridized carbons (Fsp3) is 0.500. The molecular weight excluding hydrogens is 294 g/mol. The number of nitrogens with one attached hydrogen (secondary N) is 1. The molecule has 0 aliphatic heterocycles. The largest absolute Gasteiger partial charge is 0.486 e. The highest BCUT2D eigenvalue weighted by molar-refractivity contribution is 5.94. The Morgan fingerprint density at radius 2 is 1.91 bits per heavy atom. The minimum absolute atomic E-state index is 0.104. The second kappa shape index (κ2) is 6.76. The number of aromatic nitrogens is 4. The van der Waals surface area contributed by atoms with Gasteiger partial charge in [0.1, 0.15) is 12.4 Å². The van der Waals surface area contributed by atoms with Crippen LogP contribution in [-0.2, 0) is 6.61 Å². The first kappa shape index (κ1) is 16.9. The van der Waals surface area contributed by atoms with E-state index in [9.17, 15) is 4.79 Å². The van der Waals surface area contributed by atoms with Crippen LogP contribution in [0.2, 0.25) is 0 Å². The molecule has 0 bridgehead atoms. The molecule has 0 spiro atoms. The third-order valence-electron chi connectivity index (χ3n) is 3.02. The van der Waals surface area contributed by atoms with Gasteiger partial charge in [0.05, 0.1) is 6.04 Å². The van der Waals surface area contributed by atoms with Gasteiger partial charge in [-0.3, -0.25) is 4.79 Å². The molecule has 0 saturated carbocycles. The van der Waals surface area contributed by atoms with E-state index < -0.39 is 0 Å². The molecule has 124 valence electrons. The zero-order valence-electron chi connectivity index (χ0n) is 14.2. The van der Waals surface area contributed by atoms with Gasteiger partial charge in [0.25, 0.3) is 5.91 Å². The molecule has 0 aliphatic rings. The van der Waals surface area contributed by atoms with Crippen molar-refractivity contribution in [3.63, 3.8) is 0 Å². The fourth-order valence-electron chi connectivity index (χ4n) is 1.97. The van der Waals surface area contributed by atoms with Crippen molar-refractivity contribution in [3.8, 4) is 5.75 Å². The van der Waals surface area contributed by atoms with E-state index in [4.69, 9.17) is 4.74 Å². The topological polar surface area (TPSA) is 81.9 Å². The summed E-state index contributed by atoms with van der Waals surface area (Å²) in [5.41, 5.74) is 0.333. The molecule has 0 saturated heterocycles. The third kappa shape index (κ3) is 4.77. The van der Waals surface area contributed by atoms with Crippen LogP contribution in [0.5, 0.6) is 5.75 Å². The average Bonchev–Trinajstić information content (AvgIpc) is 2.92. The van der Waals surface area contributed by atoms with Crippen LogP contribution >= 0.6 is 0 Å². The Balaban J connectivity index is 1.98. The summed E-state index contributed by atoms with van der Waals surface area (Å²) in [5, 5.41) is 14.4. The molecular formula is C16H23N5O2. The molecule has 0 fully saturated rings. The van der Waals surface area contributed by atoms with Crippen molar-refractivity contribution in [2.75, 3.05) is 0 Å². The number of ether oxygens (including phenoxy) is 1. The minimum Gasteiger partial charge on any atom is -0.486 e. The molecule has 1 aromatic carbocycles. The SMILES string of the molecule is CC(C)n1nnnc1COc1ccc(C(=O)NC(C)(C)C)cc1. The average molecular weight is 317 g/mol. The maximum atomic E-state index is 12.1. The Labute approximate surface area is 136 Å². The number of tetrazole rings is 1. The monoisotopic (exact) mass is 317 g/mol. The molecule has 7 nitrogen and oxygen atoms in total. The Hall–Kier alpha value is -2.44. The molecule has 0 unspecified atom stereocenters. The first-order valence-corrected chi connectivity index (χ1v) is 7.58. The van der Waals surface area contributed by atoms with E-state index in [-0.39, 0.29) is 24.1 Å². The van der Waals surface area contributed by atoms with Gasteiger partial charge >= 0.3 is 0 Å². The molecule has 1 aromatic heterocycles. The van der Waals surface area contributed by atoms with Gasteiger partial charge in [-0.05, 0) is 69.3 Å². The second-order valence-electron chi connectivity index (χ2n) is 6.65. The van der Waals surface area contributed by atoms with E-state index >= 15 is 0 Å². The first-order chi connectivity index (χ1) is 10.8. The lowest BCUT2D eigenvalue weighted by Gasteiger charge is -2.20. The zero-order valence-corrected chi connectivity index (χ0v) is 14.2. The van der Waals surface area contributed by atoms with Crippen molar-refractivity contribution in [2.24, 2.45) is 0 Å². The van der Waals surface area contributed by atoms with Crippen molar-refractivity contribution < 1.29 is 9.53 Å². The van der Waals surface area contributed by atoms with Crippen LogP contribution < -0.4 is 10.1 Å². The number of nitrogens with zero attached hydrogens (tertiary/aromatic N) is 4. The van der Waals surface area contributed by atoms with Crippen LogP contribution in [0, 0.1) is 0 Å². The van der Waals surface area contributed by atoms with Crippen molar-refractivity contribution in [2.45, 2.75) is 52.8 Å². The summed E-state index contributed by atoms with van der Waals surface area (Å²) in [4.78, 5) is 12.1. The molecule has 1 N–H and O–H groups in total. The molecule has 0 atom stereocenters. The summed E-state index contributed by atoms with van der Waals surface area (Å²) in [6.07, 6.45) is 0. The lowest BCUT2D eigenvalue weighted by Crippen LogP contribution is -2.40. The van der Waals surface area contributed by atoms with Gasteiger partial charge in [-0.15, -0.1) is 5.10 Å². The molecule has 7 heteroatoms. The third-order valence-corrected chi connectivity index (χ3v) is 3.02. The lowest BCUT2D eigenvalue weighted by molar-refractivity contribution is 0.0919. The number of rotatable bonds is 5. The smallest absolute Gasteiger partial charge is 0.251 e. The van der Waals surface area contributed by atoms with Crippen LogP contribution in [0.15, 0.2) is 24.3 Å². The molecule has 1 heterocycles. The van der Waals surface area contributed by atoms with Gasteiger partial charge in [0, 0.05) is 11.1 Å². The fourth-order valence-corrected chi connectivity index (χ4v) is 1.97. The van der Waals surface area contributed by atoms with Crippen LogP contribution in [0.25, 0.3) is 0 Å². The van der Waals surface area contributed by atoms with Crippen LogP contribution in [-0.4, -0.2) is 31.7 Å². The van der Waals surface area contributed by atoms with Gasteiger partial charge in [-0.1, -0.05) is 0 Å². The standard InChI is InChI=1S/C16H23N5O2/c1-11(2)21-14(18-19-20-21)10-23-13-8-6-12(7-9-13)15(22)17-16(3,4)5/h6-9,11H,10H2,1-5H3,(H,17,22). The summed E-state index contributed by atoms with van der Waals surface area (Å²) in [6.45, 7) is 10.1. The van der Waals surface area contributed by atoms with Crippen LogP contribution in [0.1, 0.15) is 56.8 Å². The van der Waals surface area contributed by atoms with Crippen LogP contribution in [0.3, 0.4) is 0 Å². The predicted octanol–water partition coefficient (Wildman–Crippen LogP) is 2.36. The quantitative estimate of drug-likeness (QED) is 0.915. The van der Waals surface area contributed by atoms with Crippen molar-refractivity contribution in [1.82, 2.24) is 25.5 Å². The molecule has 2 aromatic rings. The molecule has 23 heavy (non-hydrogen) atoms. The highest BCUT2D eigenvalue weighted by atomic mass is 16.5. The van der Waals surface area contributed by atoms with E-state index in [2.05, 4.69) is 20.8 Å². The zero-order chi connectivity index (χ0) is 17.0. The number of hydrogen-bond donors (Lipinski definition) is 1. The van der Waals surface area contributed by atoms with Gasteiger partial charge in [-0.2, -0.15) is 0 Å². The highest BCUT2D eigenvalue weighted by Gasteiger charge is 2.15. The van der Waals surface area contributed by atoms with Crippen molar-refractivity contribution >= 4 is 5.91 Å². The minimum atomic E-state index is -0.264. The molecule has 1 amide bonds. The highest BCUT2D eigenvalue weighted by Crippen LogP contribution is 2.15. The summed E-state index contributed by atoms with van der Waals surface area (Å²) in [7, 11) is 0. The van der Waals surface area contributed by atoms with Gasteiger partial charge in [-0.25, -0.2) is 4.68 Å². The van der Waals surface area contributed by atoms with Crippen LogP contribution in [0.4, 0.5) is 0 Å². The molecule has 0 radical (unpaired) electrons. The van der Waals surface area contributed by atoms with Gasteiger partial charge < -0.3 is 10.1 Å². The van der Waals surface area contributed by atoms with Gasteiger partial charge in [0.15, 0.2) is 5.82 Å². The van der Waals surface area contributed by atoms with E-state index in [0.717, 1.165) is 0 Å². The maximum absolute atomic E-state index is 12.1. The number of amides is 1. The first-order valence-electron chi connectivity index (χ1n) is 7.58. The summed E-state index contributed by atoms with van der Waals surface area (Å²) in [5.74, 6) is 1.22. The Morgan fingerprint density at radius 3 is 2.48 bits per heavy atom. The van der Waals surface area contributed by atoms with Crippen molar-refractivity contribution in [3.05, 3.63) is 35.7 Å². The van der Waals surface area contributed by atoms with Crippen molar-refractivity contribution in [1.29, 1.82) is 0 Å². The second-order valence-corrected chi connectivity index (χ2v) is 6.65. The summed E-state index contributed by atoms with van der Waals surface area (Å²) in [6, 6.07) is 7.18. The molecule has 2 rings (SSSR count). The van der Waals surface area contributed by atoms with Gasteiger partial charge in [0.2, 0.25) is 0 Å². The summed E-state index contributed by atoms with van der Waals surface area (Å²) >= 11 is 0. The predicted molar refractivity (Wildman–Crippen MR) is 86.2 cm³/mol. The lowest BCUT2D eigenvalue weighted by atomic mass is 10.1. The maximum Gasteiger partial charge on any atom is 0.251 e. The van der Waals surface area contributed by atoms with E-state index in [0.29, 0.717) is 17.1 Å². The Bertz CT molecular complexity index is 656.